The Hall–Kier alpha value is -2.33. The van der Waals surface area contributed by atoms with Crippen LogP contribution in [0.25, 0.3) is 6.08 Å². The molecule has 0 atom stereocenters. The molecule has 0 saturated carbocycles. The molecule has 1 aliphatic heterocycles. The van der Waals surface area contributed by atoms with Gasteiger partial charge in [-0.3, -0.25) is 9.59 Å². The molecule has 0 radical (unpaired) electrons. The van der Waals surface area contributed by atoms with Crippen LogP contribution in [0.3, 0.4) is 0 Å². The molecule has 23 heavy (non-hydrogen) atoms. The van der Waals surface area contributed by atoms with Crippen molar-refractivity contribution in [1.29, 1.82) is 0 Å². The Morgan fingerprint density at radius 1 is 0.957 bits per heavy atom. The van der Waals surface area contributed by atoms with Crippen molar-refractivity contribution >= 4 is 34.7 Å². The monoisotopic (exact) mass is 323 g/mol. The first kappa shape index (κ1) is 15.6. The van der Waals surface area contributed by atoms with Gasteiger partial charge < -0.3 is 0 Å². The van der Waals surface area contributed by atoms with Crippen LogP contribution in [-0.2, 0) is 4.79 Å². The molecule has 2 aromatic rings. The van der Waals surface area contributed by atoms with Gasteiger partial charge in [0.1, 0.15) is 0 Å². The van der Waals surface area contributed by atoms with Crippen molar-refractivity contribution in [1.82, 2.24) is 0 Å². The Bertz CT molecular complexity index is 764. The lowest BCUT2D eigenvalue weighted by Crippen LogP contribution is -2.27. The summed E-state index contributed by atoms with van der Waals surface area (Å²) in [7, 11) is 0. The lowest BCUT2D eigenvalue weighted by Gasteiger charge is -2.11. The second-order valence-electron chi connectivity index (χ2n) is 5.67. The van der Waals surface area contributed by atoms with Gasteiger partial charge in [0.25, 0.3) is 11.1 Å². The first-order valence-electron chi connectivity index (χ1n) is 7.49. The summed E-state index contributed by atoms with van der Waals surface area (Å²) in [6.07, 6.45) is 1.78. The molecule has 2 aromatic carbocycles. The third kappa shape index (κ3) is 3.22. The van der Waals surface area contributed by atoms with E-state index >= 15 is 0 Å². The minimum Gasteiger partial charge on any atom is -0.268 e. The second kappa shape index (κ2) is 6.42. The number of nitrogens with zero attached hydrogens (tertiary/aromatic N) is 1. The standard InChI is InChI=1S/C19H17NO2S/c1-13(2)15-10-8-14(9-11-15)12-17-18(21)20(19(22)23-17)16-6-4-3-5-7-16/h3-13H,1-2H3/b17-12+. The number of thioether (sulfide) groups is 1. The number of para-hydroxylation sites is 1. The van der Waals surface area contributed by atoms with Gasteiger partial charge in [0.2, 0.25) is 0 Å². The molecule has 0 bridgehead atoms. The van der Waals surface area contributed by atoms with Gasteiger partial charge in [-0.2, -0.15) is 0 Å². The smallest absolute Gasteiger partial charge is 0.268 e. The third-order valence-electron chi connectivity index (χ3n) is 3.71. The number of amides is 2. The molecular weight excluding hydrogens is 306 g/mol. The lowest BCUT2D eigenvalue weighted by atomic mass is 10.0. The highest BCUT2D eigenvalue weighted by molar-refractivity contribution is 8.19. The molecule has 0 N–H and O–H groups in total. The van der Waals surface area contributed by atoms with Crippen molar-refractivity contribution in [2.75, 3.05) is 4.90 Å². The Kier molecular flexibility index (Phi) is 4.35. The summed E-state index contributed by atoms with van der Waals surface area (Å²) < 4.78 is 0. The van der Waals surface area contributed by atoms with Crippen LogP contribution in [0.4, 0.5) is 10.5 Å². The quantitative estimate of drug-likeness (QED) is 0.742. The highest BCUT2D eigenvalue weighted by Gasteiger charge is 2.36. The van der Waals surface area contributed by atoms with E-state index in [1.165, 1.54) is 10.5 Å². The van der Waals surface area contributed by atoms with Crippen LogP contribution >= 0.6 is 11.8 Å². The fourth-order valence-electron chi connectivity index (χ4n) is 2.40. The molecule has 1 aliphatic rings. The van der Waals surface area contributed by atoms with E-state index in [1.807, 2.05) is 30.3 Å². The van der Waals surface area contributed by atoms with Crippen LogP contribution in [0.1, 0.15) is 30.9 Å². The van der Waals surface area contributed by atoms with Crippen molar-refractivity contribution in [2.45, 2.75) is 19.8 Å². The van der Waals surface area contributed by atoms with Gasteiger partial charge in [-0.15, -0.1) is 0 Å². The number of benzene rings is 2. The molecule has 1 saturated heterocycles. The summed E-state index contributed by atoms with van der Waals surface area (Å²) >= 11 is 0.981. The molecule has 1 fully saturated rings. The van der Waals surface area contributed by atoms with E-state index in [0.29, 0.717) is 16.5 Å². The molecule has 0 unspecified atom stereocenters. The number of anilines is 1. The number of hydrogen-bond acceptors (Lipinski definition) is 3. The molecule has 0 aromatic heterocycles. The maximum absolute atomic E-state index is 12.5. The average Bonchev–Trinajstić information content (AvgIpc) is 2.82. The van der Waals surface area contributed by atoms with Crippen LogP contribution < -0.4 is 4.90 Å². The summed E-state index contributed by atoms with van der Waals surface area (Å²) in [6, 6.07) is 17.1. The maximum Gasteiger partial charge on any atom is 0.298 e. The Morgan fingerprint density at radius 3 is 2.22 bits per heavy atom. The van der Waals surface area contributed by atoms with Gasteiger partial charge >= 0.3 is 0 Å². The van der Waals surface area contributed by atoms with Crippen LogP contribution in [0.5, 0.6) is 0 Å². The van der Waals surface area contributed by atoms with Gasteiger partial charge in [0.05, 0.1) is 10.6 Å². The fraction of sp³-hybridized carbons (Fsp3) is 0.158. The highest BCUT2D eigenvalue weighted by Crippen LogP contribution is 2.35. The van der Waals surface area contributed by atoms with Crippen molar-refractivity contribution in [3.63, 3.8) is 0 Å². The normalized spacial score (nSPS) is 16.7. The van der Waals surface area contributed by atoms with E-state index in [2.05, 4.69) is 26.0 Å². The van der Waals surface area contributed by atoms with Crippen LogP contribution in [0.2, 0.25) is 0 Å². The van der Waals surface area contributed by atoms with Crippen LogP contribution in [0.15, 0.2) is 59.5 Å². The molecule has 116 valence electrons. The van der Waals surface area contributed by atoms with Crippen molar-refractivity contribution in [3.8, 4) is 0 Å². The molecule has 4 heteroatoms. The molecule has 3 rings (SSSR count). The van der Waals surface area contributed by atoms with Crippen molar-refractivity contribution in [3.05, 3.63) is 70.6 Å². The Morgan fingerprint density at radius 2 is 1.61 bits per heavy atom. The van der Waals surface area contributed by atoms with Crippen molar-refractivity contribution < 1.29 is 9.59 Å². The third-order valence-corrected chi connectivity index (χ3v) is 4.58. The van der Waals surface area contributed by atoms with E-state index in [-0.39, 0.29) is 11.1 Å². The number of carbonyl (C=O) groups excluding carboxylic acids is 2. The van der Waals surface area contributed by atoms with Gasteiger partial charge in [0.15, 0.2) is 0 Å². The minimum absolute atomic E-state index is 0.258. The van der Waals surface area contributed by atoms with Gasteiger partial charge in [-0.1, -0.05) is 56.3 Å². The molecule has 0 aliphatic carbocycles. The zero-order valence-electron chi connectivity index (χ0n) is 13.0. The van der Waals surface area contributed by atoms with Gasteiger partial charge in [-0.25, -0.2) is 4.90 Å². The maximum atomic E-state index is 12.5. The van der Waals surface area contributed by atoms with Gasteiger partial charge in [-0.05, 0) is 47.0 Å². The number of rotatable bonds is 3. The molecular formula is C19H17NO2S. The largest absolute Gasteiger partial charge is 0.298 e. The van der Waals surface area contributed by atoms with E-state index in [0.717, 1.165) is 17.3 Å². The van der Waals surface area contributed by atoms with E-state index in [1.54, 1.807) is 18.2 Å². The first-order chi connectivity index (χ1) is 11.1. The molecule has 0 spiro atoms. The topological polar surface area (TPSA) is 37.4 Å². The summed E-state index contributed by atoms with van der Waals surface area (Å²) in [6.45, 7) is 4.28. The zero-order valence-corrected chi connectivity index (χ0v) is 13.8. The van der Waals surface area contributed by atoms with Crippen LogP contribution in [-0.4, -0.2) is 11.1 Å². The zero-order chi connectivity index (χ0) is 16.4. The predicted molar refractivity (Wildman–Crippen MR) is 95.4 cm³/mol. The Balaban J connectivity index is 1.87. The Labute approximate surface area is 140 Å². The van der Waals surface area contributed by atoms with E-state index in [9.17, 15) is 9.59 Å². The SMILES string of the molecule is CC(C)c1ccc(/C=C2/SC(=O)N(c3ccccc3)C2=O)cc1. The highest BCUT2D eigenvalue weighted by atomic mass is 32.2. The molecule has 1 heterocycles. The second-order valence-corrected chi connectivity index (χ2v) is 6.67. The summed E-state index contributed by atoms with van der Waals surface area (Å²) in [4.78, 5) is 26.3. The molecule has 2 amide bonds. The minimum atomic E-state index is -0.265. The number of imide groups is 1. The number of hydrogen-bond donors (Lipinski definition) is 0. The van der Waals surface area contributed by atoms with Crippen LogP contribution in [0, 0.1) is 0 Å². The first-order valence-corrected chi connectivity index (χ1v) is 8.31. The number of carbonyl (C=O) groups is 2. The summed E-state index contributed by atoms with van der Waals surface area (Å²) in [5, 5.41) is -0.258. The van der Waals surface area contributed by atoms with Crippen molar-refractivity contribution in [2.24, 2.45) is 0 Å². The summed E-state index contributed by atoms with van der Waals surface area (Å²) in [5.74, 6) is 0.202. The average molecular weight is 323 g/mol. The molecule has 3 nitrogen and oxygen atoms in total. The van der Waals surface area contributed by atoms with Gasteiger partial charge in [0, 0.05) is 0 Å². The fourth-order valence-corrected chi connectivity index (χ4v) is 3.24. The van der Waals surface area contributed by atoms with E-state index in [4.69, 9.17) is 0 Å². The predicted octanol–water partition coefficient (Wildman–Crippen LogP) is 5.05. The lowest BCUT2D eigenvalue weighted by molar-refractivity contribution is -0.113. The summed E-state index contributed by atoms with van der Waals surface area (Å²) in [5.41, 5.74) is 2.78. The van der Waals surface area contributed by atoms with E-state index < -0.39 is 0 Å².